The lowest BCUT2D eigenvalue weighted by atomic mass is 9.97. The molecule has 0 saturated heterocycles. The first-order valence-electron chi connectivity index (χ1n) is 5.37. The predicted octanol–water partition coefficient (Wildman–Crippen LogP) is 2.74. The molecule has 2 unspecified atom stereocenters. The number of benzene rings is 1. The predicted molar refractivity (Wildman–Crippen MR) is 68.0 cm³/mol. The van der Waals surface area contributed by atoms with Crippen LogP contribution in [0.5, 0.6) is 0 Å². The summed E-state index contributed by atoms with van der Waals surface area (Å²) in [6.07, 6.45) is -0.821. The van der Waals surface area contributed by atoms with Gasteiger partial charge in [0.15, 0.2) is 0 Å². The Balaban J connectivity index is 2.36. The Morgan fingerprint density at radius 3 is 2.82 bits per heavy atom. The number of rotatable bonds is 3. The van der Waals surface area contributed by atoms with Crippen molar-refractivity contribution in [2.24, 2.45) is 5.92 Å². The SMILES string of the molecule is COC(=O)C(C)C(O)c1csc2ccccc12. The molecule has 1 aromatic carbocycles. The van der Waals surface area contributed by atoms with Crippen LogP contribution in [-0.2, 0) is 9.53 Å². The summed E-state index contributed by atoms with van der Waals surface area (Å²) in [5.74, 6) is -0.953. The van der Waals surface area contributed by atoms with E-state index in [2.05, 4.69) is 4.74 Å². The molecule has 0 aliphatic heterocycles. The molecule has 1 N–H and O–H groups in total. The zero-order chi connectivity index (χ0) is 12.4. The molecule has 0 saturated carbocycles. The number of aliphatic hydroxyl groups excluding tert-OH is 1. The van der Waals surface area contributed by atoms with E-state index in [1.807, 2.05) is 29.6 Å². The van der Waals surface area contributed by atoms with Crippen molar-refractivity contribution >= 4 is 27.4 Å². The van der Waals surface area contributed by atoms with Crippen molar-refractivity contribution in [2.45, 2.75) is 13.0 Å². The van der Waals surface area contributed by atoms with E-state index >= 15 is 0 Å². The van der Waals surface area contributed by atoms with E-state index in [0.717, 1.165) is 15.6 Å². The summed E-state index contributed by atoms with van der Waals surface area (Å²) >= 11 is 1.57. The molecule has 2 atom stereocenters. The number of hydrogen-bond donors (Lipinski definition) is 1. The van der Waals surface area contributed by atoms with Gasteiger partial charge in [-0.25, -0.2) is 0 Å². The number of methoxy groups -OCH3 is 1. The minimum absolute atomic E-state index is 0.396. The molecular weight excluding hydrogens is 236 g/mol. The van der Waals surface area contributed by atoms with Crippen molar-refractivity contribution < 1.29 is 14.6 Å². The summed E-state index contributed by atoms with van der Waals surface area (Å²) in [5.41, 5.74) is 0.795. The van der Waals surface area contributed by atoms with E-state index in [1.54, 1.807) is 18.3 Å². The molecule has 1 heterocycles. The van der Waals surface area contributed by atoms with Crippen molar-refractivity contribution in [1.82, 2.24) is 0 Å². The van der Waals surface area contributed by atoms with Crippen LogP contribution < -0.4 is 0 Å². The zero-order valence-corrected chi connectivity index (χ0v) is 10.5. The Kier molecular flexibility index (Phi) is 3.45. The van der Waals surface area contributed by atoms with Gasteiger partial charge in [-0.2, -0.15) is 0 Å². The first kappa shape index (κ1) is 12.1. The molecule has 4 heteroatoms. The van der Waals surface area contributed by atoms with E-state index in [0.29, 0.717) is 0 Å². The fourth-order valence-corrected chi connectivity index (χ4v) is 2.80. The fourth-order valence-electron chi connectivity index (χ4n) is 1.81. The summed E-state index contributed by atoms with van der Waals surface area (Å²) in [5, 5.41) is 13.1. The van der Waals surface area contributed by atoms with Crippen LogP contribution in [0.25, 0.3) is 10.1 Å². The van der Waals surface area contributed by atoms with Gasteiger partial charge in [-0.3, -0.25) is 4.79 Å². The fraction of sp³-hybridized carbons (Fsp3) is 0.308. The molecule has 3 nitrogen and oxygen atoms in total. The second-order valence-corrected chi connectivity index (χ2v) is 4.86. The van der Waals surface area contributed by atoms with Crippen molar-refractivity contribution in [3.05, 3.63) is 35.2 Å². The minimum atomic E-state index is -0.821. The van der Waals surface area contributed by atoms with E-state index in [1.165, 1.54) is 7.11 Å². The number of fused-ring (bicyclic) bond motifs is 1. The average Bonchev–Trinajstić information content (AvgIpc) is 2.79. The number of hydrogen-bond acceptors (Lipinski definition) is 4. The van der Waals surface area contributed by atoms with Gasteiger partial charge in [0, 0.05) is 4.70 Å². The van der Waals surface area contributed by atoms with Gasteiger partial charge in [0.2, 0.25) is 0 Å². The zero-order valence-electron chi connectivity index (χ0n) is 9.71. The highest BCUT2D eigenvalue weighted by Gasteiger charge is 2.26. The Labute approximate surface area is 104 Å². The topological polar surface area (TPSA) is 46.5 Å². The molecule has 0 aliphatic carbocycles. The average molecular weight is 250 g/mol. The maximum Gasteiger partial charge on any atom is 0.311 e. The lowest BCUT2D eigenvalue weighted by molar-refractivity contribution is -0.148. The smallest absolute Gasteiger partial charge is 0.311 e. The van der Waals surface area contributed by atoms with Gasteiger partial charge in [-0.1, -0.05) is 18.2 Å². The van der Waals surface area contributed by atoms with Gasteiger partial charge >= 0.3 is 5.97 Å². The second kappa shape index (κ2) is 4.85. The van der Waals surface area contributed by atoms with Gasteiger partial charge < -0.3 is 9.84 Å². The van der Waals surface area contributed by atoms with E-state index in [-0.39, 0.29) is 0 Å². The molecule has 1 aromatic heterocycles. The largest absolute Gasteiger partial charge is 0.469 e. The highest BCUT2D eigenvalue weighted by Crippen LogP contribution is 2.33. The normalized spacial score (nSPS) is 14.5. The van der Waals surface area contributed by atoms with Crippen LogP contribution >= 0.6 is 11.3 Å². The van der Waals surface area contributed by atoms with Gasteiger partial charge in [-0.15, -0.1) is 11.3 Å². The summed E-state index contributed by atoms with van der Waals surface area (Å²) < 4.78 is 5.76. The second-order valence-electron chi connectivity index (χ2n) is 3.94. The highest BCUT2D eigenvalue weighted by molar-refractivity contribution is 7.17. The van der Waals surface area contributed by atoms with Crippen molar-refractivity contribution in [1.29, 1.82) is 0 Å². The molecule has 0 spiro atoms. The maximum absolute atomic E-state index is 11.4. The van der Waals surface area contributed by atoms with Crippen LogP contribution in [0.1, 0.15) is 18.6 Å². The van der Waals surface area contributed by atoms with Crippen LogP contribution in [0, 0.1) is 5.92 Å². The van der Waals surface area contributed by atoms with Gasteiger partial charge in [0.25, 0.3) is 0 Å². The monoisotopic (exact) mass is 250 g/mol. The molecule has 0 aliphatic rings. The molecule has 17 heavy (non-hydrogen) atoms. The van der Waals surface area contributed by atoms with E-state index < -0.39 is 18.0 Å². The van der Waals surface area contributed by atoms with Crippen LogP contribution in [0.2, 0.25) is 0 Å². The number of carbonyl (C=O) groups excluding carboxylic acids is 1. The third kappa shape index (κ3) is 2.18. The molecule has 90 valence electrons. The van der Waals surface area contributed by atoms with Crippen molar-refractivity contribution in [3.63, 3.8) is 0 Å². The number of carbonyl (C=O) groups is 1. The quantitative estimate of drug-likeness (QED) is 0.852. The lowest BCUT2D eigenvalue weighted by Gasteiger charge is -2.16. The van der Waals surface area contributed by atoms with Crippen LogP contribution in [0.15, 0.2) is 29.6 Å². The molecule has 0 amide bonds. The Hall–Kier alpha value is -1.39. The van der Waals surface area contributed by atoms with Crippen LogP contribution in [-0.4, -0.2) is 18.2 Å². The third-order valence-electron chi connectivity index (χ3n) is 2.88. The van der Waals surface area contributed by atoms with Crippen LogP contribution in [0.4, 0.5) is 0 Å². The summed E-state index contributed by atoms with van der Waals surface area (Å²) in [6.45, 7) is 1.67. The molecule has 0 fully saturated rings. The summed E-state index contributed by atoms with van der Waals surface area (Å²) in [4.78, 5) is 11.4. The summed E-state index contributed by atoms with van der Waals surface area (Å²) in [7, 11) is 1.33. The van der Waals surface area contributed by atoms with Crippen molar-refractivity contribution in [2.75, 3.05) is 7.11 Å². The van der Waals surface area contributed by atoms with E-state index in [4.69, 9.17) is 0 Å². The first-order valence-corrected chi connectivity index (χ1v) is 6.25. The van der Waals surface area contributed by atoms with Gasteiger partial charge in [0.05, 0.1) is 19.1 Å². The molecular formula is C13H14O3S. The molecule has 2 rings (SSSR count). The Bertz CT molecular complexity index is 532. The number of thiophene rings is 1. The maximum atomic E-state index is 11.4. The van der Waals surface area contributed by atoms with Gasteiger partial charge in [0.1, 0.15) is 0 Å². The van der Waals surface area contributed by atoms with Crippen LogP contribution in [0.3, 0.4) is 0 Å². The third-order valence-corrected chi connectivity index (χ3v) is 3.86. The molecule has 0 radical (unpaired) electrons. The Morgan fingerprint density at radius 2 is 2.12 bits per heavy atom. The standard InChI is InChI=1S/C13H14O3S/c1-8(13(15)16-2)12(14)10-7-17-11-6-4-3-5-9(10)11/h3-8,12,14H,1-2H3. The van der Waals surface area contributed by atoms with E-state index in [9.17, 15) is 9.90 Å². The molecule has 0 bridgehead atoms. The summed E-state index contributed by atoms with van der Waals surface area (Å²) in [6, 6.07) is 7.83. The number of ether oxygens (including phenoxy) is 1. The number of aliphatic hydroxyl groups is 1. The number of esters is 1. The lowest BCUT2D eigenvalue weighted by Crippen LogP contribution is -2.20. The highest BCUT2D eigenvalue weighted by atomic mass is 32.1. The van der Waals surface area contributed by atoms with Crippen molar-refractivity contribution in [3.8, 4) is 0 Å². The molecule has 2 aromatic rings. The minimum Gasteiger partial charge on any atom is -0.469 e. The Morgan fingerprint density at radius 1 is 1.41 bits per heavy atom. The van der Waals surface area contributed by atoms with Gasteiger partial charge in [-0.05, 0) is 29.3 Å². The first-order chi connectivity index (χ1) is 8.15.